The van der Waals surface area contributed by atoms with Gasteiger partial charge in [0.15, 0.2) is 20.0 Å². The van der Waals surface area contributed by atoms with Crippen LogP contribution in [0.4, 0.5) is 26.3 Å². The van der Waals surface area contributed by atoms with E-state index < -0.39 is 31.1 Å². The summed E-state index contributed by atoms with van der Waals surface area (Å²) in [6, 6.07) is 0.671. The highest BCUT2D eigenvalue weighted by Crippen LogP contribution is 2.36. The molecule has 0 unspecified atom stereocenters. The van der Waals surface area contributed by atoms with Gasteiger partial charge in [-0.1, -0.05) is 19.1 Å². The summed E-state index contributed by atoms with van der Waals surface area (Å²) in [4.78, 5) is 0. The number of hydrogen-bond acceptors (Lipinski definition) is 4. The first-order valence-corrected chi connectivity index (χ1v) is 9.85. The molecule has 0 amide bonds. The molecule has 0 spiro atoms. The van der Waals surface area contributed by atoms with Crippen LogP contribution >= 0.6 is 0 Å². The molecule has 0 radical (unpaired) electrons. The summed E-state index contributed by atoms with van der Waals surface area (Å²) in [6.45, 7) is 10.9. The lowest BCUT2D eigenvalue weighted by Crippen LogP contribution is -2.89. The third-order valence-corrected chi connectivity index (χ3v) is 5.25. The summed E-state index contributed by atoms with van der Waals surface area (Å²) in [5.74, 6) is 0. The standard InChI is InChI=1S/C10H19N.C2F6NO4S2/c1-4-7-10(8-5-2)11-9-6-3;3-1(4,5)14(10,11)9-15(12,13)2(6,7)8/h4-5,10-11H,1-2,6-9H2,3H3;/q;-1/p+1. The second-order valence-electron chi connectivity index (χ2n) is 4.75. The van der Waals surface area contributed by atoms with Gasteiger partial charge in [0, 0.05) is 12.8 Å². The normalized spacial score (nSPS) is 13.1. The van der Waals surface area contributed by atoms with Crippen LogP contribution in [0.3, 0.4) is 0 Å². The molecule has 0 fully saturated rings. The molecule has 0 aliphatic rings. The molecule has 0 atom stereocenters. The molecular formula is C12H20F6N2O4S2. The van der Waals surface area contributed by atoms with Gasteiger partial charge in [0.1, 0.15) is 0 Å². The maximum atomic E-state index is 11.4. The lowest BCUT2D eigenvalue weighted by molar-refractivity contribution is -0.688. The molecule has 0 aliphatic heterocycles. The molecule has 0 rings (SSSR count). The molecule has 0 aromatic rings. The minimum atomic E-state index is -6.72. The van der Waals surface area contributed by atoms with Crippen molar-refractivity contribution in [2.45, 2.75) is 43.2 Å². The maximum absolute atomic E-state index is 11.4. The highest BCUT2D eigenvalue weighted by molar-refractivity contribution is 8.13. The Morgan fingerprint density at radius 3 is 1.50 bits per heavy atom. The molecule has 6 nitrogen and oxygen atoms in total. The van der Waals surface area contributed by atoms with Crippen LogP contribution in [0.2, 0.25) is 0 Å². The molecule has 0 saturated carbocycles. The Morgan fingerprint density at radius 1 is 0.923 bits per heavy atom. The molecule has 2 N–H and O–H groups in total. The van der Waals surface area contributed by atoms with E-state index in [2.05, 4.69) is 25.4 Å². The SMILES string of the molecule is C=CCC(CC=C)[NH2+]CCC.O=S(=O)([N-]S(=O)(=O)C(F)(F)F)C(F)(F)F. The first-order valence-electron chi connectivity index (χ1n) is 6.97. The summed E-state index contributed by atoms with van der Waals surface area (Å²) in [7, 11) is -13.4. The van der Waals surface area contributed by atoms with Crippen molar-refractivity contribution in [1.29, 1.82) is 0 Å². The second-order valence-corrected chi connectivity index (χ2v) is 8.17. The Labute approximate surface area is 148 Å². The molecular weight excluding hydrogens is 414 g/mol. The first kappa shape index (κ1) is 27.1. The third-order valence-electron chi connectivity index (χ3n) is 2.51. The van der Waals surface area contributed by atoms with Crippen LogP contribution in [-0.4, -0.2) is 40.4 Å². The van der Waals surface area contributed by atoms with Crippen molar-refractivity contribution in [3.63, 3.8) is 0 Å². The minimum Gasteiger partial charge on any atom is -0.421 e. The Bertz CT molecular complexity index is 590. The Hall–Kier alpha value is -1.12. The Kier molecular flexibility index (Phi) is 11.4. The highest BCUT2D eigenvalue weighted by Gasteiger charge is 2.46. The highest BCUT2D eigenvalue weighted by atomic mass is 32.3. The second kappa shape index (κ2) is 10.9. The van der Waals surface area contributed by atoms with Gasteiger partial charge < -0.3 is 9.44 Å². The molecule has 0 aromatic carbocycles. The van der Waals surface area contributed by atoms with Gasteiger partial charge in [0.05, 0.1) is 12.6 Å². The van der Waals surface area contributed by atoms with E-state index in [0.717, 1.165) is 17.0 Å². The number of quaternary nitrogens is 1. The fourth-order valence-corrected chi connectivity index (χ4v) is 3.04. The lowest BCUT2D eigenvalue weighted by atomic mass is 10.1. The van der Waals surface area contributed by atoms with Gasteiger partial charge in [0.2, 0.25) is 0 Å². The van der Waals surface area contributed by atoms with Crippen LogP contribution in [0.1, 0.15) is 26.2 Å². The number of hydrogen-bond donors (Lipinski definition) is 1. The zero-order chi connectivity index (χ0) is 21.2. The molecule has 0 heterocycles. The van der Waals surface area contributed by atoms with Crippen LogP contribution in [-0.2, 0) is 20.0 Å². The van der Waals surface area contributed by atoms with Gasteiger partial charge in [-0.3, -0.25) is 0 Å². The molecule has 0 aliphatic carbocycles. The number of halogens is 6. The number of sulfonamides is 2. The lowest BCUT2D eigenvalue weighted by Gasteiger charge is -2.22. The van der Waals surface area contributed by atoms with E-state index in [1.165, 1.54) is 13.0 Å². The fourth-order valence-electron chi connectivity index (χ4n) is 1.33. The van der Waals surface area contributed by atoms with Crippen molar-refractivity contribution in [1.82, 2.24) is 0 Å². The van der Waals surface area contributed by atoms with Gasteiger partial charge >= 0.3 is 11.0 Å². The molecule has 26 heavy (non-hydrogen) atoms. The maximum Gasteiger partial charge on any atom is 0.480 e. The van der Waals surface area contributed by atoms with Crippen molar-refractivity contribution < 1.29 is 48.5 Å². The van der Waals surface area contributed by atoms with E-state index in [4.69, 9.17) is 0 Å². The fraction of sp³-hybridized carbons (Fsp3) is 0.667. The third kappa shape index (κ3) is 10.1. The van der Waals surface area contributed by atoms with E-state index in [1.807, 2.05) is 12.2 Å². The predicted molar refractivity (Wildman–Crippen MR) is 83.8 cm³/mol. The van der Waals surface area contributed by atoms with Crippen LogP contribution < -0.4 is 5.32 Å². The van der Waals surface area contributed by atoms with Crippen LogP contribution in [0.25, 0.3) is 4.13 Å². The van der Waals surface area contributed by atoms with Crippen LogP contribution in [0, 0.1) is 0 Å². The van der Waals surface area contributed by atoms with Gasteiger partial charge in [-0.15, -0.1) is 13.2 Å². The molecule has 0 saturated heterocycles. The van der Waals surface area contributed by atoms with E-state index in [9.17, 15) is 43.2 Å². The molecule has 14 heteroatoms. The summed E-state index contributed by atoms with van der Waals surface area (Å²) < 4.78 is 109. The molecule has 0 aromatic heterocycles. The molecule has 156 valence electrons. The van der Waals surface area contributed by atoms with Crippen molar-refractivity contribution in [3.8, 4) is 0 Å². The van der Waals surface area contributed by atoms with Crippen molar-refractivity contribution in [2.24, 2.45) is 0 Å². The zero-order valence-electron chi connectivity index (χ0n) is 13.7. The summed E-state index contributed by atoms with van der Waals surface area (Å²) in [5, 5.41) is 2.38. The number of alkyl halides is 6. The van der Waals surface area contributed by atoms with Crippen LogP contribution in [0.15, 0.2) is 25.3 Å². The topological polar surface area (TPSA) is 99.0 Å². The van der Waals surface area contributed by atoms with Gasteiger partial charge in [-0.25, -0.2) is 16.8 Å². The Morgan fingerprint density at radius 2 is 1.27 bits per heavy atom. The summed E-state index contributed by atoms with van der Waals surface area (Å²) in [6.07, 6.45) is 7.39. The average molecular weight is 434 g/mol. The average Bonchev–Trinajstić information content (AvgIpc) is 2.42. The quantitative estimate of drug-likeness (QED) is 0.445. The van der Waals surface area contributed by atoms with Gasteiger partial charge in [-0.2, -0.15) is 26.3 Å². The van der Waals surface area contributed by atoms with E-state index in [-0.39, 0.29) is 0 Å². The summed E-state index contributed by atoms with van der Waals surface area (Å²) in [5.41, 5.74) is -12.4. The van der Waals surface area contributed by atoms with E-state index >= 15 is 0 Å². The number of nitrogens with zero attached hydrogens (tertiary/aromatic N) is 1. The minimum absolute atomic E-state index is 0.671. The van der Waals surface area contributed by atoms with Gasteiger partial charge in [-0.05, 0) is 6.42 Å². The van der Waals surface area contributed by atoms with Crippen molar-refractivity contribution >= 4 is 20.0 Å². The predicted octanol–water partition coefficient (Wildman–Crippen LogP) is 2.54. The van der Waals surface area contributed by atoms with E-state index in [1.54, 1.807) is 0 Å². The van der Waals surface area contributed by atoms with Crippen molar-refractivity contribution in [3.05, 3.63) is 29.4 Å². The van der Waals surface area contributed by atoms with E-state index in [0.29, 0.717) is 6.04 Å². The van der Waals surface area contributed by atoms with Crippen molar-refractivity contribution in [2.75, 3.05) is 6.54 Å². The Balaban J connectivity index is 0. The molecule has 0 bridgehead atoms. The number of nitrogens with two attached hydrogens (primary N) is 1. The summed E-state index contributed by atoms with van der Waals surface area (Å²) >= 11 is 0. The monoisotopic (exact) mass is 434 g/mol. The number of rotatable bonds is 9. The first-order chi connectivity index (χ1) is 11.6. The smallest absolute Gasteiger partial charge is 0.421 e. The van der Waals surface area contributed by atoms with Crippen LogP contribution in [0.5, 0.6) is 0 Å². The largest absolute Gasteiger partial charge is 0.480 e. The zero-order valence-corrected chi connectivity index (χ0v) is 15.3. The van der Waals surface area contributed by atoms with Gasteiger partial charge in [0.25, 0.3) is 0 Å².